The Morgan fingerprint density at radius 3 is 2.62 bits per heavy atom. The van der Waals surface area contributed by atoms with Crippen LogP contribution in [0.4, 0.5) is 0 Å². The zero-order chi connectivity index (χ0) is 9.84. The Bertz CT molecular complexity index is 271. The fourth-order valence-electron chi connectivity index (χ4n) is 1.34. The first-order valence-corrected chi connectivity index (χ1v) is 4.69. The average Bonchev–Trinajstić information content (AvgIpc) is 2.03. The topological polar surface area (TPSA) is 33.1 Å². The zero-order valence-electron chi connectivity index (χ0n) is 8.49. The summed E-state index contributed by atoms with van der Waals surface area (Å²) in [4.78, 5) is 4.05. The number of aromatic nitrogens is 1. The minimum atomic E-state index is -0.368. The Labute approximate surface area is 79.6 Å². The molecule has 0 amide bonds. The van der Waals surface area contributed by atoms with Gasteiger partial charge in [-0.1, -0.05) is 19.9 Å². The molecule has 0 radical (unpaired) electrons. The highest BCUT2D eigenvalue weighted by Gasteiger charge is 2.09. The summed E-state index contributed by atoms with van der Waals surface area (Å²) >= 11 is 0. The molecular formula is C11H17NO. The van der Waals surface area contributed by atoms with Crippen LogP contribution in [-0.4, -0.2) is 10.1 Å². The Hall–Kier alpha value is -0.890. The normalized spacial score (nSPS) is 13.3. The predicted molar refractivity (Wildman–Crippen MR) is 53.4 cm³/mol. The molecule has 0 aliphatic rings. The molecule has 2 nitrogen and oxygen atoms in total. The summed E-state index contributed by atoms with van der Waals surface area (Å²) in [5, 5.41) is 9.78. The molecule has 1 heterocycles. The number of nitrogens with zero attached hydrogens (tertiary/aromatic N) is 1. The third-order valence-corrected chi connectivity index (χ3v) is 1.98. The maximum absolute atomic E-state index is 9.78. The summed E-state index contributed by atoms with van der Waals surface area (Å²) in [5.41, 5.74) is 2.02. The highest BCUT2D eigenvalue weighted by Crippen LogP contribution is 2.20. The van der Waals surface area contributed by atoms with Crippen LogP contribution in [0.5, 0.6) is 0 Å². The van der Waals surface area contributed by atoms with Crippen LogP contribution >= 0.6 is 0 Å². The summed E-state index contributed by atoms with van der Waals surface area (Å²) in [5.74, 6) is 0.510. The Morgan fingerprint density at radius 1 is 1.38 bits per heavy atom. The Balaban J connectivity index is 2.71. The first kappa shape index (κ1) is 10.2. The molecule has 0 aromatic carbocycles. The van der Waals surface area contributed by atoms with Crippen LogP contribution in [0.1, 0.15) is 37.5 Å². The molecule has 1 N–H and O–H groups in total. The van der Waals surface area contributed by atoms with Crippen molar-refractivity contribution in [3.8, 4) is 0 Å². The third kappa shape index (κ3) is 3.15. The highest BCUT2D eigenvalue weighted by molar-refractivity contribution is 5.18. The summed E-state index contributed by atoms with van der Waals surface area (Å²) in [6.07, 6.45) is 3.96. The molecule has 1 rings (SSSR count). The Morgan fingerprint density at radius 2 is 2.08 bits per heavy atom. The lowest BCUT2D eigenvalue weighted by Crippen LogP contribution is -2.02. The van der Waals surface area contributed by atoms with Gasteiger partial charge in [0.05, 0.1) is 6.10 Å². The number of rotatable bonds is 3. The van der Waals surface area contributed by atoms with Gasteiger partial charge in [0, 0.05) is 12.4 Å². The van der Waals surface area contributed by atoms with Gasteiger partial charge in [0.1, 0.15) is 0 Å². The maximum Gasteiger partial charge on any atom is 0.0807 e. The summed E-state index contributed by atoms with van der Waals surface area (Å²) in [6.45, 7) is 6.19. The summed E-state index contributed by atoms with van der Waals surface area (Å²) in [7, 11) is 0. The molecule has 13 heavy (non-hydrogen) atoms. The molecule has 0 spiro atoms. The fraction of sp³-hybridized carbons (Fsp3) is 0.545. The van der Waals surface area contributed by atoms with Crippen molar-refractivity contribution >= 4 is 0 Å². The van der Waals surface area contributed by atoms with E-state index in [1.54, 1.807) is 12.4 Å². The number of hydrogen-bond acceptors (Lipinski definition) is 2. The molecule has 1 aromatic heterocycles. The lowest BCUT2D eigenvalue weighted by Gasteiger charge is -2.13. The molecule has 1 aromatic rings. The lowest BCUT2D eigenvalue weighted by molar-refractivity contribution is 0.150. The van der Waals surface area contributed by atoms with Crippen molar-refractivity contribution in [1.82, 2.24) is 4.98 Å². The predicted octanol–water partition coefficient (Wildman–Crippen LogP) is 2.47. The van der Waals surface area contributed by atoms with Crippen molar-refractivity contribution in [2.75, 3.05) is 0 Å². The van der Waals surface area contributed by atoms with E-state index in [0.29, 0.717) is 5.92 Å². The van der Waals surface area contributed by atoms with Crippen LogP contribution in [-0.2, 0) is 0 Å². The van der Waals surface area contributed by atoms with Gasteiger partial charge in [-0.3, -0.25) is 4.98 Å². The first-order valence-electron chi connectivity index (χ1n) is 4.69. The van der Waals surface area contributed by atoms with Crippen molar-refractivity contribution in [3.05, 3.63) is 29.6 Å². The van der Waals surface area contributed by atoms with Gasteiger partial charge >= 0.3 is 0 Å². The molecule has 0 saturated heterocycles. The van der Waals surface area contributed by atoms with Crippen molar-refractivity contribution in [2.24, 2.45) is 5.92 Å². The molecule has 0 aliphatic heterocycles. The van der Waals surface area contributed by atoms with Gasteiger partial charge in [0.25, 0.3) is 0 Å². The van der Waals surface area contributed by atoms with Crippen molar-refractivity contribution in [1.29, 1.82) is 0 Å². The largest absolute Gasteiger partial charge is 0.388 e. The van der Waals surface area contributed by atoms with E-state index in [9.17, 15) is 5.11 Å². The van der Waals surface area contributed by atoms with E-state index in [4.69, 9.17) is 0 Å². The van der Waals surface area contributed by atoms with Crippen LogP contribution in [0.2, 0.25) is 0 Å². The van der Waals surface area contributed by atoms with Gasteiger partial charge in [-0.2, -0.15) is 0 Å². The van der Waals surface area contributed by atoms with Crippen molar-refractivity contribution in [2.45, 2.75) is 33.3 Å². The number of aliphatic hydroxyl groups is 1. The molecule has 1 atom stereocenters. The van der Waals surface area contributed by atoms with E-state index in [0.717, 1.165) is 17.5 Å². The van der Waals surface area contributed by atoms with Gasteiger partial charge in [-0.25, -0.2) is 0 Å². The summed E-state index contributed by atoms with van der Waals surface area (Å²) in [6, 6.07) is 1.99. The lowest BCUT2D eigenvalue weighted by atomic mass is 10.0. The quantitative estimate of drug-likeness (QED) is 0.773. The van der Waals surface area contributed by atoms with Gasteiger partial charge in [0.15, 0.2) is 0 Å². The fourth-order valence-corrected chi connectivity index (χ4v) is 1.34. The molecule has 2 heteroatoms. The van der Waals surface area contributed by atoms with Crippen molar-refractivity contribution < 1.29 is 5.11 Å². The van der Waals surface area contributed by atoms with E-state index in [-0.39, 0.29) is 6.10 Å². The van der Waals surface area contributed by atoms with E-state index in [2.05, 4.69) is 18.8 Å². The molecule has 0 saturated carbocycles. The van der Waals surface area contributed by atoms with Gasteiger partial charge in [-0.05, 0) is 30.4 Å². The number of pyridine rings is 1. The van der Waals surface area contributed by atoms with Gasteiger partial charge in [0.2, 0.25) is 0 Å². The molecule has 0 bridgehead atoms. The van der Waals surface area contributed by atoms with E-state index in [1.807, 2.05) is 13.0 Å². The van der Waals surface area contributed by atoms with Crippen molar-refractivity contribution in [3.63, 3.8) is 0 Å². The van der Waals surface area contributed by atoms with E-state index in [1.165, 1.54) is 0 Å². The molecule has 0 aliphatic carbocycles. The van der Waals surface area contributed by atoms with Crippen LogP contribution in [0.15, 0.2) is 18.5 Å². The molecule has 1 unspecified atom stereocenters. The SMILES string of the molecule is Cc1cncc(C(O)CC(C)C)c1. The van der Waals surface area contributed by atoms with E-state index >= 15 is 0 Å². The van der Waals surface area contributed by atoms with Gasteiger partial charge < -0.3 is 5.11 Å². The maximum atomic E-state index is 9.78. The monoisotopic (exact) mass is 179 g/mol. The Kier molecular flexibility index (Phi) is 3.43. The summed E-state index contributed by atoms with van der Waals surface area (Å²) < 4.78 is 0. The standard InChI is InChI=1S/C11H17NO/c1-8(2)4-11(13)10-5-9(3)6-12-7-10/h5-8,11,13H,4H2,1-3H3. The van der Waals surface area contributed by atoms with Crippen LogP contribution in [0, 0.1) is 12.8 Å². The second-order valence-corrected chi connectivity index (χ2v) is 3.94. The average molecular weight is 179 g/mol. The molecule has 0 fully saturated rings. The van der Waals surface area contributed by atoms with Crippen LogP contribution in [0.3, 0.4) is 0 Å². The minimum absolute atomic E-state index is 0.368. The minimum Gasteiger partial charge on any atom is -0.388 e. The van der Waals surface area contributed by atoms with E-state index < -0.39 is 0 Å². The number of aryl methyl sites for hydroxylation is 1. The number of aliphatic hydroxyl groups excluding tert-OH is 1. The number of hydrogen-bond donors (Lipinski definition) is 1. The molecular weight excluding hydrogens is 162 g/mol. The van der Waals surface area contributed by atoms with Crippen LogP contribution in [0.25, 0.3) is 0 Å². The second-order valence-electron chi connectivity index (χ2n) is 3.94. The third-order valence-electron chi connectivity index (χ3n) is 1.98. The van der Waals surface area contributed by atoms with Gasteiger partial charge in [-0.15, -0.1) is 0 Å². The van der Waals surface area contributed by atoms with Crippen LogP contribution < -0.4 is 0 Å². The highest BCUT2D eigenvalue weighted by atomic mass is 16.3. The zero-order valence-corrected chi connectivity index (χ0v) is 8.49. The second kappa shape index (κ2) is 4.38. The first-order chi connectivity index (χ1) is 6.09. The smallest absolute Gasteiger partial charge is 0.0807 e. The molecule has 72 valence electrons.